The summed E-state index contributed by atoms with van der Waals surface area (Å²) in [6.45, 7) is 9.58. The molecule has 7 heteroatoms. The van der Waals surface area contributed by atoms with Crippen LogP contribution in [0.1, 0.15) is 26.5 Å². The molecule has 0 spiro atoms. The van der Waals surface area contributed by atoms with E-state index in [1.54, 1.807) is 13.3 Å². The maximum Gasteiger partial charge on any atom is 0.191 e. The maximum atomic E-state index is 4.81. The summed E-state index contributed by atoms with van der Waals surface area (Å²) in [6, 6.07) is 2.87. The number of hydrogen-bond acceptors (Lipinski definition) is 4. The van der Waals surface area contributed by atoms with Crippen LogP contribution >= 0.6 is 24.0 Å². The number of nitrogens with zero attached hydrogens (tertiary/aromatic N) is 3. The van der Waals surface area contributed by atoms with Crippen LogP contribution in [0.3, 0.4) is 0 Å². The standard InChI is InChI=1S/C14H25N5O.HI/c1-10(2)19-8-11(3)13(9-19)17-14(15-4)16-7-12-5-6-20-18-12;/h5-6,10-11,13H,7-9H2,1-4H3,(H2,15,16,17);1H. The zero-order valence-corrected chi connectivity index (χ0v) is 15.5. The smallest absolute Gasteiger partial charge is 0.191 e. The minimum atomic E-state index is 0. The topological polar surface area (TPSA) is 65.7 Å². The van der Waals surface area contributed by atoms with E-state index in [2.05, 4.69) is 46.5 Å². The van der Waals surface area contributed by atoms with Gasteiger partial charge < -0.3 is 15.2 Å². The number of likely N-dealkylation sites (tertiary alicyclic amines) is 1. The predicted octanol–water partition coefficient (Wildman–Crippen LogP) is 1.69. The first-order chi connectivity index (χ1) is 9.60. The summed E-state index contributed by atoms with van der Waals surface area (Å²) in [7, 11) is 1.79. The first-order valence-corrected chi connectivity index (χ1v) is 7.20. The molecule has 1 aromatic heterocycles. The van der Waals surface area contributed by atoms with Crippen molar-refractivity contribution < 1.29 is 4.52 Å². The van der Waals surface area contributed by atoms with E-state index in [1.165, 1.54) is 0 Å². The lowest BCUT2D eigenvalue weighted by Gasteiger charge is -2.21. The highest BCUT2D eigenvalue weighted by Gasteiger charge is 2.31. The third-order valence-corrected chi connectivity index (χ3v) is 3.84. The van der Waals surface area contributed by atoms with Crippen molar-refractivity contribution in [3.05, 3.63) is 18.0 Å². The van der Waals surface area contributed by atoms with Crippen LogP contribution in [0.25, 0.3) is 0 Å². The summed E-state index contributed by atoms with van der Waals surface area (Å²) >= 11 is 0. The molecule has 0 aromatic carbocycles. The molecule has 2 heterocycles. The molecular weight excluding hydrogens is 381 g/mol. The zero-order chi connectivity index (χ0) is 14.5. The predicted molar refractivity (Wildman–Crippen MR) is 94.9 cm³/mol. The number of rotatable bonds is 4. The molecule has 1 aromatic rings. The van der Waals surface area contributed by atoms with Crippen molar-refractivity contribution >= 4 is 29.9 Å². The highest BCUT2D eigenvalue weighted by atomic mass is 127. The van der Waals surface area contributed by atoms with E-state index in [9.17, 15) is 0 Å². The number of aromatic nitrogens is 1. The Morgan fingerprint density at radius 1 is 1.52 bits per heavy atom. The van der Waals surface area contributed by atoms with Crippen LogP contribution in [-0.4, -0.2) is 48.2 Å². The fourth-order valence-corrected chi connectivity index (χ4v) is 2.49. The van der Waals surface area contributed by atoms with Crippen molar-refractivity contribution in [2.45, 2.75) is 39.4 Å². The molecule has 120 valence electrons. The minimum absolute atomic E-state index is 0. The van der Waals surface area contributed by atoms with Crippen molar-refractivity contribution in [3.8, 4) is 0 Å². The van der Waals surface area contributed by atoms with E-state index in [0.717, 1.165) is 24.7 Å². The van der Waals surface area contributed by atoms with Gasteiger partial charge in [-0.15, -0.1) is 24.0 Å². The molecule has 1 aliphatic heterocycles. The largest absolute Gasteiger partial charge is 0.364 e. The number of hydrogen-bond donors (Lipinski definition) is 2. The maximum absolute atomic E-state index is 4.81. The fraction of sp³-hybridized carbons (Fsp3) is 0.714. The lowest BCUT2D eigenvalue weighted by Crippen LogP contribution is -2.46. The van der Waals surface area contributed by atoms with Gasteiger partial charge in [-0.05, 0) is 19.8 Å². The van der Waals surface area contributed by atoms with Crippen molar-refractivity contribution in [3.63, 3.8) is 0 Å². The molecule has 0 amide bonds. The molecule has 0 radical (unpaired) electrons. The van der Waals surface area contributed by atoms with E-state index in [4.69, 9.17) is 4.52 Å². The molecule has 0 saturated carbocycles. The number of aliphatic imine (C=N–C) groups is 1. The first-order valence-electron chi connectivity index (χ1n) is 7.20. The normalized spacial score (nSPS) is 23.2. The van der Waals surface area contributed by atoms with Crippen molar-refractivity contribution in [1.29, 1.82) is 0 Å². The molecule has 0 bridgehead atoms. The highest BCUT2D eigenvalue weighted by Crippen LogP contribution is 2.18. The van der Waals surface area contributed by atoms with Crippen LogP contribution in [0.2, 0.25) is 0 Å². The van der Waals surface area contributed by atoms with Gasteiger partial charge in [0.2, 0.25) is 0 Å². The van der Waals surface area contributed by atoms with E-state index in [1.807, 2.05) is 6.07 Å². The van der Waals surface area contributed by atoms with Crippen LogP contribution in [0, 0.1) is 5.92 Å². The van der Waals surface area contributed by atoms with Gasteiger partial charge in [-0.25, -0.2) is 0 Å². The molecule has 1 saturated heterocycles. The van der Waals surface area contributed by atoms with Gasteiger partial charge in [0.25, 0.3) is 0 Å². The Balaban J connectivity index is 0.00000220. The van der Waals surface area contributed by atoms with Crippen LogP contribution in [0.15, 0.2) is 21.8 Å². The number of guanidine groups is 1. The van der Waals surface area contributed by atoms with E-state index in [0.29, 0.717) is 24.5 Å². The number of nitrogens with one attached hydrogen (secondary N) is 2. The van der Waals surface area contributed by atoms with Gasteiger partial charge in [0.15, 0.2) is 5.96 Å². The monoisotopic (exact) mass is 407 g/mol. The van der Waals surface area contributed by atoms with E-state index >= 15 is 0 Å². The van der Waals surface area contributed by atoms with Crippen molar-refractivity contribution in [2.75, 3.05) is 20.1 Å². The lowest BCUT2D eigenvalue weighted by atomic mass is 10.1. The molecule has 21 heavy (non-hydrogen) atoms. The summed E-state index contributed by atoms with van der Waals surface area (Å²) in [5.74, 6) is 1.43. The van der Waals surface area contributed by atoms with E-state index in [-0.39, 0.29) is 24.0 Å². The van der Waals surface area contributed by atoms with Crippen molar-refractivity contribution in [1.82, 2.24) is 20.7 Å². The SMILES string of the molecule is CN=C(NCc1ccon1)NC1CN(C(C)C)CC1C.I. The molecule has 2 rings (SSSR count). The Labute approximate surface area is 143 Å². The molecule has 0 aliphatic carbocycles. The second kappa shape index (κ2) is 8.57. The molecule has 6 nitrogen and oxygen atoms in total. The second-order valence-electron chi connectivity index (χ2n) is 5.69. The quantitative estimate of drug-likeness (QED) is 0.452. The summed E-state index contributed by atoms with van der Waals surface area (Å²) in [5, 5.41) is 10.6. The van der Waals surface area contributed by atoms with Gasteiger partial charge in [-0.2, -0.15) is 0 Å². The Bertz CT molecular complexity index is 435. The summed E-state index contributed by atoms with van der Waals surface area (Å²) in [6.07, 6.45) is 1.58. The highest BCUT2D eigenvalue weighted by molar-refractivity contribution is 14.0. The number of halogens is 1. The van der Waals surface area contributed by atoms with Crippen molar-refractivity contribution in [2.24, 2.45) is 10.9 Å². The van der Waals surface area contributed by atoms with Gasteiger partial charge in [0, 0.05) is 38.3 Å². The minimum Gasteiger partial charge on any atom is -0.364 e. The molecule has 2 N–H and O–H groups in total. The first kappa shape index (κ1) is 18.2. The van der Waals surface area contributed by atoms with Gasteiger partial charge in [-0.1, -0.05) is 12.1 Å². The van der Waals surface area contributed by atoms with Crippen LogP contribution in [0.5, 0.6) is 0 Å². The molecule has 1 aliphatic rings. The molecule has 2 atom stereocenters. The van der Waals surface area contributed by atoms with Crippen LogP contribution in [-0.2, 0) is 6.54 Å². The van der Waals surface area contributed by atoms with Crippen LogP contribution in [0.4, 0.5) is 0 Å². The van der Waals surface area contributed by atoms with Gasteiger partial charge in [0.05, 0.1) is 6.54 Å². The van der Waals surface area contributed by atoms with Crippen LogP contribution < -0.4 is 10.6 Å². The summed E-state index contributed by atoms with van der Waals surface area (Å²) in [4.78, 5) is 6.77. The second-order valence-corrected chi connectivity index (χ2v) is 5.69. The van der Waals surface area contributed by atoms with Gasteiger partial charge in [-0.3, -0.25) is 9.89 Å². The van der Waals surface area contributed by atoms with Gasteiger partial charge in [0.1, 0.15) is 12.0 Å². The summed E-state index contributed by atoms with van der Waals surface area (Å²) < 4.78 is 4.81. The Hall–Kier alpha value is -0.830. The third-order valence-electron chi connectivity index (χ3n) is 3.84. The Kier molecular flexibility index (Phi) is 7.44. The Morgan fingerprint density at radius 2 is 2.29 bits per heavy atom. The average molecular weight is 407 g/mol. The fourth-order valence-electron chi connectivity index (χ4n) is 2.49. The third kappa shape index (κ3) is 5.14. The van der Waals surface area contributed by atoms with Gasteiger partial charge >= 0.3 is 0 Å². The molecular formula is C14H26IN5O. The van der Waals surface area contributed by atoms with E-state index < -0.39 is 0 Å². The Morgan fingerprint density at radius 3 is 2.81 bits per heavy atom. The average Bonchev–Trinajstić information content (AvgIpc) is 3.04. The lowest BCUT2D eigenvalue weighted by molar-refractivity contribution is 0.265. The zero-order valence-electron chi connectivity index (χ0n) is 13.2. The summed E-state index contributed by atoms with van der Waals surface area (Å²) in [5.41, 5.74) is 0.872. The molecule has 2 unspecified atom stereocenters. The molecule has 1 fully saturated rings.